The number of ether oxygens (including phenoxy) is 1. The van der Waals surface area contributed by atoms with E-state index in [2.05, 4.69) is 5.32 Å². The first-order chi connectivity index (χ1) is 5.58. The van der Waals surface area contributed by atoms with Crippen molar-refractivity contribution in [2.24, 2.45) is 0 Å². The van der Waals surface area contributed by atoms with Crippen LogP contribution in [0.15, 0.2) is 0 Å². The summed E-state index contributed by atoms with van der Waals surface area (Å²) in [5.74, 6) is 0. The van der Waals surface area contributed by atoms with E-state index in [0.717, 1.165) is 0 Å². The molecule has 1 N–H and O–H groups in total. The number of hydrogen-bond donors (Lipinski definition) is 1. The Bertz CT molecular complexity index is 136. The van der Waals surface area contributed by atoms with Crippen molar-refractivity contribution in [3.8, 4) is 0 Å². The topological polar surface area (TPSA) is 21.3 Å². The van der Waals surface area contributed by atoms with Gasteiger partial charge in [0.25, 0.3) is 0 Å². The summed E-state index contributed by atoms with van der Waals surface area (Å²) >= 11 is 0. The molecule has 13 heavy (non-hydrogen) atoms. The maximum Gasteiger partial charge on any atom is 0.401 e. The molecule has 0 spiro atoms. The van der Waals surface area contributed by atoms with E-state index in [0.29, 0.717) is 26.1 Å². The molecule has 2 nitrogen and oxygen atoms in total. The number of halogens is 4. The summed E-state index contributed by atoms with van der Waals surface area (Å²) in [5, 5.41) is 2.46. The van der Waals surface area contributed by atoms with E-state index in [1.165, 1.54) is 0 Å². The number of hydrogen-bond acceptors (Lipinski definition) is 2. The van der Waals surface area contributed by atoms with Gasteiger partial charge < -0.3 is 10.1 Å². The number of rotatable bonds is 2. The molecule has 0 radical (unpaired) electrons. The summed E-state index contributed by atoms with van der Waals surface area (Å²) in [4.78, 5) is 0. The van der Waals surface area contributed by atoms with Crippen molar-refractivity contribution >= 4 is 12.4 Å². The first-order valence-corrected chi connectivity index (χ1v) is 3.96. The van der Waals surface area contributed by atoms with Crippen molar-refractivity contribution < 1.29 is 17.9 Å². The summed E-state index contributed by atoms with van der Waals surface area (Å²) in [6.45, 7) is 0.239. The molecule has 0 atom stereocenters. The standard InChI is InChI=1S/C7H12F3NO.ClH/c8-7(9,10)5-11-6-1-3-12-4-2-6;/h6,11H,1-5H2;1H. The van der Waals surface area contributed by atoms with Gasteiger partial charge >= 0.3 is 6.18 Å². The van der Waals surface area contributed by atoms with Crippen LogP contribution in [-0.2, 0) is 4.74 Å². The summed E-state index contributed by atoms with van der Waals surface area (Å²) in [6, 6.07) is -0.0274. The van der Waals surface area contributed by atoms with Crippen molar-refractivity contribution in [2.75, 3.05) is 19.8 Å². The summed E-state index contributed by atoms with van der Waals surface area (Å²) in [5.41, 5.74) is 0. The zero-order valence-electron chi connectivity index (χ0n) is 7.06. The van der Waals surface area contributed by atoms with E-state index in [1.807, 2.05) is 0 Å². The van der Waals surface area contributed by atoms with Crippen LogP contribution in [-0.4, -0.2) is 32.0 Å². The van der Waals surface area contributed by atoms with Crippen LogP contribution in [0.2, 0.25) is 0 Å². The Morgan fingerprint density at radius 3 is 2.23 bits per heavy atom. The summed E-state index contributed by atoms with van der Waals surface area (Å²) < 4.78 is 40.2. The molecule has 0 aromatic rings. The SMILES string of the molecule is Cl.FC(F)(F)CNC1CCOCC1. The van der Waals surface area contributed by atoms with Crippen molar-refractivity contribution in [1.82, 2.24) is 5.32 Å². The highest BCUT2D eigenvalue weighted by Gasteiger charge is 2.28. The minimum absolute atomic E-state index is 0. The van der Waals surface area contributed by atoms with Crippen molar-refractivity contribution in [3.05, 3.63) is 0 Å². The molecule has 1 fully saturated rings. The smallest absolute Gasteiger partial charge is 0.381 e. The number of nitrogens with one attached hydrogen (secondary N) is 1. The minimum Gasteiger partial charge on any atom is -0.381 e. The first-order valence-electron chi connectivity index (χ1n) is 3.96. The molecule has 80 valence electrons. The third kappa shape index (κ3) is 6.12. The van der Waals surface area contributed by atoms with Crippen LogP contribution in [0.3, 0.4) is 0 Å². The molecule has 6 heteroatoms. The molecular weight excluding hydrogens is 207 g/mol. The van der Waals surface area contributed by atoms with Gasteiger partial charge in [0.15, 0.2) is 0 Å². The van der Waals surface area contributed by atoms with E-state index in [9.17, 15) is 13.2 Å². The quantitative estimate of drug-likeness (QED) is 0.764. The Morgan fingerprint density at radius 1 is 1.23 bits per heavy atom. The van der Waals surface area contributed by atoms with E-state index >= 15 is 0 Å². The lowest BCUT2D eigenvalue weighted by atomic mass is 10.1. The predicted molar refractivity (Wildman–Crippen MR) is 45.1 cm³/mol. The second-order valence-corrected chi connectivity index (χ2v) is 2.88. The molecule has 0 aliphatic carbocycles. The molecule has 0 aromatic carbocycles. The lowest BCUT2D eigenvalue weighted by molar-refractivity contribution is -0.127. The van der Waals surface area contributed by atoms with Gasteiger partial charge in [-0.2, -0.15) is 13.2 Å². The molecule has 1 aliphatic heterocycles. The second-order valence-electron chi connectivity index (χ2n) is 2.88. The average molecular weight is 220 g/mol. The molecule has 0 bridgehead atoms. The van der Waals surface area contributed by atoms with Gasteiger partial charge in [0.05, 0.1) is 6.54 Å². The van der Waals surface area contributed by atoms with Crippen LogP contribution in [0.4, 0.5) is 13.2 Å². The van der Waals surface area contributed by atoms with E-state index in [1.54, 1.807) is 0 Å². The Balaban J connectivity index is 0.00000144. The third-order valence-corrected chi connectivity index (χ3v) is 1.81. The number of alkyl halides is 3. The lowest BCUT2D eigenvalue weighted by Crippen LogP contribution is -2.40. The molecule has 0 unspecified atom stereocenters. The maximum atomic E-state index is 11.7. The second kappa shape index (κ2) is 5.67. The molecule has 1 heterocycles. The lowest BCUT2D eigenvalue weighted by Gasteiger charge is -2.23. The van der Waals surface area contributed by atoms with E-state index in [-0.39, 0.29) is 18.4 Å². The van der Waals surface area contributed by atoms with Gasteiger partial charge in [-0.15, -0.1) is 12.4 Å². The molecule has 0 aromatic heterocycles. The van der Waals surface area contributed by atoms with Crippen LogP contribution < -0.4 is 5.32 Å². The maximum absolute atomic E-state index is 11.7. The monoisotopic (exact) mass is 219 g/mol. The molecule has 0 amide bonds. The highest BCUT2D eigenvalue weighted by atomic mass is 35.5. The summed E-state index contributed by atoms with van der Waals surface area (Å²) in [6.07, 6.45) is -2.75. The zero-order valence-corrected chi connectivity index (χ0v) is 7.88. The predicted octanol–water partition coefficient (Wildman–Crippen LogP) is 1.74. The first kappa shape index (κ1) is 13.0. The van der Waals surface area contributed by atoms with Gasteiger partial charge in [0.2, 0.25) is 0 Å². The fourth-order valence-corrected chi connectivity index (χ4v) is 1.16. The molecule has 1 aliphatic rings. The third-order valence-electron chi connectivity index (χ3n) is 1.81. The highest BCUT2D eigenvalue weighted by molar-refractivity contribution is 5.85. The van der Waals surface area contributed by atoms with Crippen LogP contribution >= 0.6 is 12.4 Å². The van der Waals surface area contributed by atoms with E-state index < -0.39 is 12.7 Å². The molecule has 1 rings (SSSR count). The average Bonchev–Trinajstić information content (AvgIpc) is 2.02. The fraction of sp³-hybridized carbons (Fsp3) is 1.00. The van der Waals surface area contributed by atoms with Crippen LogP contribution in [0.1, 0.15) is 12.8 Å². The van der Waals surface area contributed by atoms with Crippen LogP contribution in [0, 0.1) is 0 Å². The Hall–Kier alpha value is -0.0000000000000000416. The van der Waals surface area contributed by atoms with Gasteiger partial charge in [0, 0.05) is 19.3 Å². The highest BCUT2D eigenvalue weighted by Crippen LogP contribution is 2.14. The summed E-state index contributed by atoms with van der Waals surface area (Å²) in [7, 11) is 0. The molecule has 1 saturated heterocycles. The Morgan fingerprint density at radius 2 is 1.77 bits per heavy atom. The Kier molecular flexibility index (Phi) is 5.67. The van der Waals surface area contributed by atoms with Crippen LogP contribution in [0.25, 0.3) is 0 Å². The largest absolute Gasteiger partial charge is 0.401 e. The van der Waals surface area contributed by atoms with Gasteiger partial charge in [-0.05, 0) is 12.8 Å². The van der Waals surface area contributed by atoms with Crippen molar-refractivity contribution in [2.45, 2.75) is 25.1 Å². The van der Waals surface area contributed by atoms with Gasteiger partial charge in [-0.3, -0.25) is 0 Å². The van der Waals surface area contributed by atoms with Gasteiger partial charge in [-0.25, -0.2) is 0 Å². The van der Waals surface area contributed by atoms with Crippen LogP contribution in [0.5, 0.6) is 0 Å². The zero-order chi connectivity index (χ0) is 9.03. The van der Waals surface area contributed by atoms with Crippen molar-refractivity contribution in [3.63, 3.8) is 0 Å². The van der Waals surface area contributed by atoms with Gasteiger partial charge in [-0.1, -0.05) is 0 Å². The van der Waals surface area contributed by atoms with Crippen molar-refractivity contribution in [1.29, 1.82) is 0 Å². The fourth-order valence-electron chi connectivity index (χ4n) is 1.16. The Labute approximate surface area is 81.2 Å². The molecular formula is C7H13ClF3NO. The molecule has 0 saturated carbocycles. The van der Waals surface area contributed by atoms with Gasteiger partial charge in [0.1, 0.15) is 0 Å². The minimum atomic E-state index is -4.10. The van der Waals surface area contributed by atoms with E-state index in [4.69, 9.17) is 4.74 Å². The normalized spacial score (nSPS) is 19.6.